The molecule has 0 aliphatic carbocycles. The van der Waals surface area contributed by atoms with Gasteiger partial charge in [0.2, 0.25) is 5.91 Å². The number of ether oxygens (including phenoxy) is 2. The number of likely N-dealkylation sites (N-methyl/N-ethyl adjacent to an activating group) is 1. The molecule has 6 heteroatoms. The maximum atomic E-state index is 12.7. The number of halogens is 1. The van der Waals surface area contributed by atoms with E-state index in [1.165, 1.54) is 0 Å². The van der Waals surface area contributed by atoms with E-state index in [1.807, 2.05) is 37.9 Å². The van der Waals surface area contributed by atoms with Crippen molar-refractivity contribution in [1.82, 2.24) is 4.90 Å². The lowest BCUT2D eigenvalue weighted by Gasteiger charge is -2.25. The minimum absolute atomic E-state index is 0.139. The average molecular weight is 377 g/mol. The number of aryl methyl sites for hydroxylation is 1. The van der Waals surface area contributed by atoms with Crippen LogP contribution in [0.15, 0.2) is 36.4 Å². The molecule has 5 nitrogen and oxygen atoms in total. The maximum absolute atomic E-state index is 12.7. The number of rotatable bonds is 7. The molecule has 1 N–H and O–H groups in total. The maximum Gasteiger partial charge on any atom is 0.241 e. The summed E-state index contributed by atoms with van der Waals surface area (Å²) < 4.78 is 10.7. The fourth-order valence-corrected chi connectivity index (χ4v) is 2.82. The Kier molecular flexibility index (Phi) is 6.89. The van der Waals surface area contributed by atoms with Crippen LogP contribution in [0, 0.1) is 6.92 Å². The van der Waals surface area contributed by atoms with Crippen LogP contribution in [-0.4, -0.2) is 38.1 Å². The van der Waals surface area contributed by atoms with Crippen LogP contribution in [0.25, 0.3) is 0 Å². The second-order valence-corrected chi connectivity index (χ2v) is 6.68. The molecule has 2 aromatic carbocycles. The molecule has 0 aromatic heterocycles. The number of nitrogens with zero attached hydrogens (tertiary/aromatic N) is 1. The van der Waals surface area contributed by atoms with E-state index in [2.05, 4.69) is 11.4 Å². The molecule has 2 rings (SSSR count). The van der Waals surface area contributed by atoms with Gasteiger partial charge < -0.3 is 14.8 Å². The van der Waals surface area contributed by atoms with E-state index in [-0.39, 0.29) is 11.9 Å². The Bertz CT molecular complexity index is 780. The lowest BCUT2D eigenvalue weighted by molar-refractivity contribution is -0.120. The second-order valence-electron chi connectivity index (χ2n) is 6.24. The Hall–Kier alpha value is -2.24. The van der Waals surface area contributed by atoms with Gasteiger partial charge in [-0.15, -0.1) is 0 Å². The lowest BCUT2D eigenvalue weighted by Crippen LogP contribution is -2.39. The number of carbonyl (C=O) groups is 1. The molecule has 0 radical (unpaired) electrons. The molecule has 0 bridgehead atoms. The average Bonchev–Trinajstić information content (AvgIpc) is 2.61. The Morgan fingerprint density at radius 3 is 2.46 bits per heavy atom. The van der Waals surface area contributed by atoms with Gasteiger partial charge in [0.1, 0.15) is 11.5 Å². The van der Waals surface area contributed by atoms with Gasteiger partial charge >= 0.3 is 0 Å². The third kappa shape index (κ3) is 4.90. The normalized spacial score (nSPS) is 12.0. The number of anilines is 1. The van der Waals surface area contributed by atoms with Gasteiger partial charge in [-0.2, -0.15) is 0 Å². The first-order valence-electron chi connectivity index (χ1n) is 8.34. The summed E-state index contributed by atoms with van der Waals surface area (Å²) in [6.45, 7) is 4.48. The Balaban J connectivity index is 2.11. The Morgan fingerprint density at radius 1 is 1.15 bits per heavy atom. The van der Waals surface area contributed by atoms with Crippen LogP contribution in [0.3, 0.4) is 0 Å². The first kappa shape index (κ1) is 20.1. The van der Waals surface area contributed by atoms with Crippen molar-refractivity contribution >= 4 is 23.2 Å². The number of carbonyl (C=O) groups excluding carboxylic acids is 1. The number of methoxy groups -OCH3 is 2. The van der Waals surface area contributed by atoms with Crippen LogP contribution in [-0.2, 0) is 11.3 Å². The standard InChI is InChI=1S/C20H25ClN2O3/c1-13-6-8-18(25-4)15(10-13)12-23(3)14(2)20(24)22-17-11-16(21)7-9-19(17)26-5/h6-11,14H,12H2,1-5H3,(H,22,24)/t14-/m1/s1. The third-order valence-electron chi connectivity index (χ3n) is 4.32. The third-order valence-corrected chi connectivity index (χ3v) is 4.55. The largest absolute Gasteiger partial charge is 0.496 e. The zero-order valence-corrected chi connectivity index (χ0v) is 16.6. The molecule has 0 saturated carbocycles. The van der Waals surface area contributed by atoms with Crippen LogP contribution in [0.4, 0.5) is 5.69 Å². The van der Waals surface area contributed by atoms with E-state index < -0.39 is 0 Å². The fraction of sp³-hybridized carbons (Fsp3) is 0.350. The summed E-state index contributed by atoms with van der Waals surface area (Å²) >= 11 is 6.02. The highest BCUT2D eigenvalue weighted by molar-refractivity contribution is 6.31. The highest BCUT2D eigenvalue weighted by Gasteiger charge is 2.20. The smallest absolute Gasteiger partial charge is 0.241 e. The van der Waals surface area contributed by atoms with Gasteiger partial charge in [0.05, 0.1) is 25.9 Å². The Morgan fingerprint density at radius 2 is 1.81 bits per heavy atom. The molecular weight excluding hydrogens is 352 g/mol. The molecule has 0 heterocycles. The van der Waals surface area contributed by atoms with Crippen molar-refractivity contribution in [1.29, 1.82) is 0 Å². The quantitative estimate of drug-likeness (QED) is 0.789. The molecule has 1 atom stereocenters. The van der Waals surface area contributed by atoms with Gasteiger partial charge in [0, 0.05) is 17.1 Å². The van der Waals surface area contributed by atoms with Crippen molar-refractivity contribution in [3.8, 4) is 11.5 Å². The van der Waals surface area contributed by atoms with Crippen LogP contribution < -0.4 is 14.8 Å². The molecule has 0 fully saturated rings. The molecule has 0 aliphatic heterocycles. The zero-order valence-electron chi connectivity index (χ0n) is 15.8. The van der Waals surface area contributed by atoms with Crippen LogP contribution in [0.2, 0.25) is 5.02 Å². The van der Waals surface area contributed by atoms with Gasteiger partial charge in [-0.1, -0.05) is 29.3 Å². The van der Waals surface area contributed by atoms with Gasteiger partial charge in [0.15, 0.2) is 0 Å². The number of benzene rings is 2. The van der Waals surface area contributed by atoms with E-state index in [0.717, 1.165) is 16.9 Å². The molecule has 2 aromatic rings. The van der Waals surface area contributed by atoms with E-state index in [1.54, 1.807) is 32.4 Å². The summed E-state index contributed by atoms with van der Waals surface area (Å²) in [5.41, 5.74) is 2.74. The molecule has 0 aliphatic rings. The summed E-state index contributed by atoms with van der Waals surface area (Å²) in [6.07, 6.45) is 0. The Labute approximate surface area is 159 Å². The zero-order chi connectivity index (χ0) is 19.3. The van der Waals surface area contributed by atoms with Crippen LogP contribution >= 0.6 is 11.6 Å². The van der Waals surface area contributed by atoms with Gasteiger partial charge in [-0.3, -0.25) is 9.69 Å². The number of hydrogen-bond acceptors (Lipinski definition) is 4. The minimum Gasteiger partial charge on any atom is -0.496 e. The van der Waals surface area contributed by atoms with Gasteiger partial charge in [-0.25, -0.2) is 0 Å². The van der Waals surface area contributed by atoms with Crippen molar-refractivity contribution in [2.45, 2.75) is 26.4 Å². The minimum atomic E-state index is -0.357. The molecule has 0 unspecified atom stereocenters. The predicted molar refractivity (Wildman–Crippen MR) is 105 cm³/mol. The van der Waals surface area contributed by atoms with Gasteiger partial charge in [-0.05, 0) is 45.2 Å². The first-order chi connectivity index (χ1) is 12.3. The van der Waals surface area contributed by atoms with Crippen molar-refractivity contribution in [3.63, 3.8) is 0 Å². The molecule has 0 spiro atoms. The van der Waals surface area contributed by atoms with Crippen molar-refractivity contribution in [2.75, 3.05) is 26.6 Å². The molecule has 26 heavy (non-hydrogen) atoms. The van der Waals surface area contributed by atoms with E-state index in [9.17, 15) is 4.79 Å². The fourth-order valence-electron chi connectivity index (χ4n) is 2.65. The lowest BCUT2D eigenvalue weighted by atomic mass is 10.1. The predicted octanol–water partition coefficient (Wildman–Crippen LogP) is 4.12. The summed E-state index contributed by atoms with van der Waals surface area (Å²) in [4.78, 5) is 14.6. The summed E-state index contributed by atoms with van der Waals surface area (Å²) in [5.74, 6) is 1.24. The highest BCUT2D eigenvalue weighted by Crippen LogP contribution is 2.28. The van der Waals surface area contributed by atoms with E-state index in [4.69, 9.17) is 21.1 Å². The molecule has 140 valence electrons. The van der Waals surface area contributed by atoms with Crippen molar-refractivity contribution in [3.05, 3.63) is 52.5 Å². The second kappa shape index (κ2) is 8.92. The van der Waals surface area contributed by atoms with Gasteiger partial charge in [0.25, 0.3) is 0 Å². The number of amides is 1. The molecular formula is C20H25ClN2O3. The SMILES string of the molecule is COc1ccc(C)cc1CN(C)[C@H](C)C(=O)Nc1cc(Cl)ccc1OC. The monoisotopic (exact) mass is 376 g/mol. The van der Waals surface area contributed by atoms with E-state index >= 15 is 0 Å². The summed E-state index contributed by atoms with van der Waals surface area (Å²) in [7, 11) is 5.11. The first-order valence-corrected chi connectivity index (χ1v) is 8.71. The summed E-state index contributed by atoms with van der Waals surface area (Å²) in [5, 5.41) is 3.42. The van der Waals surface area contributed by atoms with Crippen molar-refractivity contribution in [2.24, 2.45) is 0 Å². The van der Waals surface area contributed by atoms with Crippen LogP contribution in [0.1, 0.15) is 18.1 Å². The van der Waals surface area contributed by atoms with Crippen molar-refractivity contribution < 1.29 is 14.3 Å². The van der Waals surface area contributed by atoms with E-state index in [0.29, 0.717) is 23.0 Å². The highest BCUT2D eigenvalue weighted by atomic mass is 35.5. The topological polar surface area (TPSA) is 50.8 Å². The van der Waals surface area contributed by atoms with Crippen LogP contribution in [0.5, 0.6) is 11.5 Å². The molecule has 1 amide bonds. The number of nitrogens with one attached hydrogen (secondary N) is 1. The summed E-state index contributed by atoms with van der Waals surface area (Å²) in [6, 6.07) is 10.8. The number of hydrogen-bond donors (Lipinski definition) is 1. The molecule has 0 saturated heterocycles.